The fraction of sp³-hybridized carbons (Fsp3) is 0.353. The second-order valence-corrected chi connectivity index (χ2v) is 5.87. The minimum atomic E-state index is -0.293. The molecule has 1 fully saturated rings. The van der Waals surface area contributed by atoms with E-state index in [0.29, 0.717) is 18.8 Å². The molecule has 2 amide bonds. The molecular formula is C17H20N4O2. The van der Waals surface area contributed by atoms with E-state index in [0.717, 1.165) is 6.42 Å². The lowest BCUT2D eigenvalue weighted by molar-refractivity contribution is -0.128. The number of likely N-dealkylation sites (tertiary alicyclic amines) is 1. The third kappa shape index (κ3) is 3.77. The minimum absolute atomic E-state index is 0.0484. The first kappa shape index (κ1) is 15.3. The van der Waals surface area contributed by atoms with Crippen molar-refractivity contribution in [2.75, 3.05) is 18.4 Å². The fourth-order valence-electron chi connectivity index (χ4n) is 2.80. The van der Waals surface area contributed by atoms with Crippen LogP contribution >= 0.6 is 0 Å². The molecule has 6 nitrogen and oxygen atoms in total. The highest BCUT2D eigenvalue weighted by molar-refractivity contribution is 5.97. The van der Waals surface area contributed by atoms with E-state index in [1.54, 1.807) is 29.0 Å². The summed E-state index contributed by atoms with van der Waals surface area (Å²) in [5.74, 6) is -0.362. The zero-order chi connectivity index (χ0) is 16.2. The van der Waals surface area contributed by atoms with Crippen LogP contribution in [-0.2, 0) is 23.1 Å². The predicted octanol–water partition coefficient (Wildman–Crippen LogP) is 1.45. The summed E-state index contributed by atoms with van der Waals surface area (Å²) in [7, 11) is 1.79. The SMILES string of the molecule is Cn1cc(NC(=O)[C@@H]2CC(=O)N(CCc3ccccc3)C2)cn1. The van der Waals surface area contributed by atoms with E-state index in [-0.39, 0.29) is 24.2 Å². The Hall–Kier alpha value is -2.63. The first-order valence-electron chi connectivity index (χ1n) is 7.73. The summed E-state index contributed by atoms with van der Waals surface area (Å²) >= 11 is 0. The number of carbonyl (C=O) groups excluding carboxylic acids is 2. The molecule has 0 bridgehead atoms. The highest BCUT2D eigenvalue weighted by Gasteiger charge is 2.34. The van der Waals surface area contributed by atoms with Crippen LogP contribution in [0, 0.1) is 5.92 Å². The molecule has 23 heavy (non-hydrogen) atoms. The van der Waals surface area contributed by atoms with Crippen LogP contribution in [0.15, 0.2) is 42.7 Å². The van der Waals surface area contributed by atoms with Gasteiger partial charge < -0.3 is 10.2 Å². The number of hydrogen-bond acceptors (Lipinski definition) is 3. The number of carbonyl (C=O) groups is 2. The van der Waals surface area contributed by atoms with E-state index in [1.165, 1.54) is 5.56 Å². The molecule has 1 aliphatic rings. The zero-order valence-electron chi connectivity index (χ0n) is 13.1. The van der Waals surface area contributed by atoms with Gasteiger partial charge in [0.15, 0.2) is 0 Å². The molecule has 0 spiro atoms. The summed E-state index contributed by atoms with van der Waals surface area (Å²) in [6.45, 7) is 1.14. The van der Waals surface area contributed by atoms with Gasteiger partial charge in [0.05, 0.1) is 17.8 Å². The molecule has 2 aromatic rings. The van der Waals surface area contributed by atoms with Gasteiger partial charge in [-0.25, -0.2) is 0 Å². The molecule has 0 radical (unpaired) electrons. The maximum atomic E-state index is 12.3. The molecule has 3 rings (SSSR count). The number of hydrogen-bond donors (Lipinski definition) is 1. The van der Waals surface area contributed by atoms with Crippen molar-refractivity contribution < 1.29 is 9.59 Å². The molecule has 2 heterocycles. The zero-order valence-corrected chi connectivity index (χ0v) is 13.1. The van der Waals surface area contributed by atoms with Gasteiger partial charge in [-0.2, -0.15) is 5.10 Å². The number of aromatic nitrogens is 2. The Balaban J connectivity index is 1.53. The standard InChI is InChI=1S/C17H20N4O2/c1-20-12-15(10-18-20)19-17(23)14-9-16(22)21(11-14)8-7-13-5-3-2-4-6-13/h2-6,10,12,14H,7-9,11H2,1H3,(H,19,23)/t14-/m1/s1. The Morgan fingerprint density at radius 2 is 2.13 bits per heavy atom. The molecule has 6 heteroatoms. The average Bonchev–Trinajstić information content (AvgIpc) is 3.12. The maximum absolute atomic E-state index is 12.3. The van der Waals surface area contributed by atoms with E-state index in [9.17, 15) is 9.59 Å². The second kappa shape index (κ2) is 6.64. The predicted molar refractivity (Wildman–Crippen MR) is 86.7 cm³/mol. The summed E-state index contributed by atoms with van der Waals surface area (Å²) in [4.78, 5) is 26.1. The monoisotopic (exact) mass is 312 g/mol. The molecule has 1 N–H and O–H groups in total. The molecule has 0 saturated carbocycles. The van der Waals surface area contributed by atoms with Crippen molar-refractivity contribution in [2.24, 2.45) is 13.0 Å². The van der Waals surface area contributed by atoms with Gasteiger partial charge in [0.2, 0.25) is 11.8 Å². The van der Waals surface area contributed by atoms with Crippen molar-refractivity contribution in [1.82, 2.24) is 14.7 Å². The van der Waals surface area contributed by atoms with Crippen molar-refractivity contribution in [2.45, 2.75) is 12.8 Å². The van der Waals surface area contributed by atoms with Crippen LogP contribution in [0.1, 0.15) is 12.0 Å². The highest BCUT2D eigenvalue weighted by atomic mass is 16.2. The van der Waals surface area contributed by atoms with Gasteiger partial charge in [-0.05, 0) is 12.0 Å². The maximum Gasteiger partial charge on any atom is 0.229 e. The molecule has 120 valence electrons. The van der Waals surface area contributed by atoms with Crippen LogP contribution in [0.25, 0.3) is 0 Å². The molecule has 1 aliphatic heterocycles. The third-order valence-corrected chi connectivity index (χ3v) is 4.07. The number of rotatable bonds is 5. The van der Waals surface area contributed by atoms with Gasteiger partial charge in [-0.15, -0.1) is 0 Å². The number of nitrogens with zero attached hydrogens (tertiary/aromatic N) is 3. The van der Waals surface area contributed by atoms with Crippen molar-refractivity contribution in [3.8, 4) is 0 Å². The molecular weight excluding hydrogens is 292 g/mol. The molecule has 1 saturated heterocycles. The van der Waals surface area contributed by atoms with Gasteiger partial charge in [-0.1, -0.05) is 30.3 Å². The number of benzene rings is 1. The van der Waals surface area contributed by atoms with E-state index in [2.05, 4.69) is 10.4 Å². The van der Waals surface area contributed by atoms with E-state index in [1.807, 2.05) is 30.3 Å². The largest absolute Gasteiger partial charge is 0.342 e. The summed E-state index contributed by atoms with van der Waals surface area (Å²) in [5, 5.41) is 6.83. The Kier molecular flexibility index (Phi) is 4.41. The summed E-state index contributed by atoms with van der Waals surface area (Å²) in [6.07, 6.45) is 4.42. The van der Waals surface area contributed by atoms with Crippen molar-refractivity contribution in [1.29, 1.82) is 0 Å². The Bertz CT molecular complexity index is 696. The summed E-state index contributed by atoms with van der Waals surface area (Å²) in [5.41, 5.74) is 1.86. The van der Waals surface area contributed by atoms with Gasteiger partial charge in [0, 0.05) is 32.8 Å². The lowest BCUT2D eigenvalue weighted by Gasteiger charge is -2.16. The van der Waals surface area contributed by atoms with Gasteiger partial charge in [-0.3, -0.25) is 14.3 Å². The molecule has 0 unspecified atom stereocenters. The Morgan fingerprint density at radius 1 is 1.35 bits per heavy atom. The van der Waals surface area contributed by atoms with Crippen LogP contribution in [0.4, 0.5) is 5.69 Å². The number of anilines is 1. The first-order valence-corrected chi connectivity index (χ1v) is 7.73. The molecule has 1 aromatic heterocycles. The number of aryl methyl sites for hydroxylation is 1. The topological polar surface area (TPSA) is 67.2 Å². The highest BCUT2D eigenvalue weighted by Crippen LogP contribution is 2.20. The minimum Gasteiger partial charge on any atom is -0.342 e. The second-order valence-electron chi connectivity index (χ2n) is 5.87. The lowest BCUT2D eigenvalue weighted by Crippen LogP contribution is -2.29. The molecule has 0 aliphatic carbocycles. The number of nitrogens with one attached hydrogen (secondary N) is 1. The lowest BCUT2D eigenvalue weighted by atomic mass is 10.1. The van der Waals surface area contributed by atoms with Gasteiger partial charge in [0.25, 0.3) is 0 Å². The van der Waals surface area contributed by atoms with Gasteiger partial charge >= 0.3 is 0 Å². The van der Waals surface area contributed by atoms with E-state index < -0.39 is 0 Å². The van der Waals surface area contributed by atoms with Crippen LogP contribution in [0.2, 0.25) is 0 Å². The van der Waals surface area contributed by atoms with E-state index in [4.69, 9.17) is 0 Å². The van der Waals surface area contributed by atoms with Crippen molar-refractivity contribution in [3.05, 3.63) is 48.3 Å². The van der Waals surface area contributed by atoms with Crippen LogP contribution in [0.5, 0.6) is 0 Å². The average molecular weight is 312 g/mol. The van der Waals surface area contributed by atoms with Crippen LogP contribution < -0.4 is 5.32 Å². The summed E-state index contributed by atoms with van der Waals surface area (Å²) < 4.78 is 1.63. The van der Waals surface area contributed by atoms with Crippen LogP contribution in [0.3, 0.4) is 0 Å². The number of amides is 2. The van der Waals surface area contributed by atoms with Crippen LogP contribution in [-0.4, -0.2) is 39.6 Å². The Labute approximate surface area is 135 Å². The third-order valence-electron chi connectivity index (χ3n) is 4.07. The Morgan fingerprint density at radius 3 is 2.83 bits per heavy atom. The van der Waals surface area contributed by atoms with Gasteiger partial charge in [0.1, 0.15) is 0 Å². The quantitative estimate of drug-likeness (QED) is 0.908. The smallest absolute Gasteiger partial charge is 0.229 e. The normalized spacial score (nSPS) is 17.5. The molecule has 1 atom stereocenters. The van der Waals surface area contributed by atoms with Crippen molar-refractivity contribution in [3.63, 3.8) is 0 Å². The fourth-order valence-corrected chi connectivity index (χ4v) is 2.80. The summed E-state index contributed by atoms with van der Waals surface area (Å²) in [6, 6.07) is 10.1. The molecule has 1 aromatic carbocycles. The van der Waals surface area contributed by atoms with E-state index >= 15 is 0 Å². The van der Waals surface area contributed by atoms with Crippen molar-refractivity contribution >= 4 is 17.5 Å². The first-order chi connectivity index (χ1) is 11.1.